The fourth-order valence-corrected chi connectivity index (χ4v) is 4.25. The highest BCUT2D eigenvalue weighted by atomic mass is 19.3. The lowest BCUT2D eigenvalue weighted by Crippen LogP contribution is -2.45. The molecule has 1 aromatic carbocycles. The molecule has 32 heavy (non-hydrogen) atoms. The van der Waals surface area contributed by atoms with Gasteiger partial charge in [-0.05, 0) is 31.5 Å². The summed E-state index contributed by atoms with van der Waals surface area (Å²) in [7, 11) is 0. The summed E-state index contributed by atoms with van der Waals surface area (Å²) in [5.74, 6) is -4.09. The summed E-state index contributed by atoms with van der Waals surface area (Å²) in [6, 6.07) is 4.20. The zero-order valence-electron chi connectivity index (χ0n) is 17.2. The molecule has 11 heteroatoms. The van der Waals surface area contributed by atoms with Gasteiger partial charge in [-0.25, -0.2) is 13.6 Å². The maximum absolute atomic E-state index is 15.0. The van der Waals surface area contributed by atoms with Crippen LogP contribution in [0.2, 0.25) is 0 Å². The molecule has 1 aromatic heterocycles. The number of hydrogen-bond acceptors (Lipinski definition) is 4. The van der Waals surface area contributed by atoms with Crippen molar-refractivity contribution < 1.29 is 27.5 Å². The molecule has 4 rings (SSSR count). The minimum absolute atomic E-state index is 0.169. The van der Waals surface area contributed by atoms with Crippen LogP contribution in [0.15, 0.2) is 18.2 Å². The summed E-state index contributed by atoms with van der Waals surface area (Å²) in [6.07, 6.45) is -1.11. The second-order valence-corrected chi connectivity index (χ2v) is 8.36. The molecule has 2 aromatic rings. The number of amides is 2. The van der Waals surface area contributed by atoms with E-state index >= 15 is 0 Å². The van der Waals surface area contributed by atoms with Crippen LogP contribution in [0.25, 0.3) is 0 Å². The van der Waals surface area contributed by atoms with E-state index < -0.39 is 61.2 Å². The minimum atomic E-state index is -3.37. The molecule has 3 heterocycles. The van der Waals surface area contributed by atoms with Crippen molar-refractivity contribution in [3.05, 3.63) is 46.5 Å². The fourth-order valence-electron chi connectivity index (χ4n) is 4.25. The van der Waals surface area contributed by atoms with Gasteiger partial charge >= 0.3 is 6.03 Å². The highest BCUT2D eigenvalue weighted by molar-refractivity contribution is 5.90. The van der Waals surface area contributed by atoms with Gasteiger partial charge in [0.15, 0.2) is 5.67 Å². The summed E-state index contributed by atoms with van der Waals surface area (Å²) in [4.78, 5) is 14.2. The molecule has 2 aliphatic rings. The molecule has 2 aliphatic heterocycles. The summed E-state index contributed by atoms with van der Waals surface area (Å²) >= 11 is 0. The third kappa shape index (κ3) is 3.79. The second-order valence-electron chi connectivity index (χ2n) is 8.36. The Morgan fingerprint density at radius 3 is 2.81 bits per heavy atom. The number of nitrogens with zero attached hydrogens (tertiary/aromatic N) is 4. The number of nitriles is 1. The van der Waals surface area contributed by atoms with Gasteiger partial charge in [0.1, 0.15) is 17.6 Å². The Morgan fingerprint density at radius 1 is 1.38 bits per heavy atom. The fraction of sp³-hybridized carbons (Fsp3) is 0.476. The van der Waals surface area contributed by atoms with Crippen LogP contribution in [0.4, 0.5) is 28.0 Å². The number of anilines is 1. The first kappa shape index (κ1) is 22.1. The Kier molecular flexibility index (Phi) is 5.36. The number of nitrogens with one attached hydrogen (secondary N) is 1. The first-order chi connectivity index (χ1) is 15.1. The predicted octanol–water partition coefficient (Wildman–Crippen LogP) is 3.46. The van der Waals surface area contributed by atoms with Gasteiger partial charge in [-0.1, -0.05) is 0 Å². The van der Waals surface area contributed by atoms with Crippen molar-refractivity contribution >= 4 is 11.7 Å². The predicted molar refractivity (Wildman–Crippen MR) is 105 cm³/mol. The smallest absolute Gasteiger partial charge is 0.322 e. The molecular formula is C21H21F4N5O2. The van der Waals surface area contributed by atoms with E-state index in [-0.39, 0.29) is 29.8 Å². The third-order valence-corrected chi connectivity index (χ3v) is 6.03. The maximum atomic E-state index is 15.0. The molecule has 2 amide bonds. The zero-order valence-corrected chi connectivity index (χ0v) is 17.2. The number of benzene rings is 1. The van der Waals surface area contributed by atoms with Gasteiger partial charge in [-0.15, -0.1) is 0 Å². The third-order valence-electron chi connectivity index (χ3n) is 6.03. The quantitative estimate of drug-likeness (QED) is 0.684. The number of alkyl halides is 3. The van der Waals surface area contributed by atoms with Gasteiger partial charge < -0.3 is 15.3 Å². The molecule has 0 unspecified atom stereocenters. The highest BCUT2D eigenvalue weighted by Crippen LogP contribution is 2.44. The van der Waals surface area contributed by atoms with E-state index in [2.05, 4.69) is 10.4 Å². The lowest BCUT2D eigenvalue weighted by molar-refractivity contribution is -0.0324. The number of aliphatic hydroxyl groups excluding tert-OH is 1. The lowest BCUT2D eigenvalue weighted by Gasteiger charge is -2.33. The van der Waals surface area contributed by atoms with Crippen molar-refractivity contribution in [2.24, 2.45) is 0 Å². The number of fused-ring (bicyclic) bond motifs is 3. The van der Waals surface area contributed by atoms with Gasteiger partial charge in [0.2, 0.25) is 0 Å². The van der Waals surface area contributed by atoms with Crippen molar-refractivity contribution in [1.29, 1.82) is 5.26 Å². The Balaban J connectivity index is 1.64. The summed E-state index contributed by atoms with van der Waals surface area (Å²) in [5.41, 5.74) is -2.15. The van der Waals surface area contributed by atoms with Crippen LogP contribution in [0.5, 0.6) is 0 Å². The van der Waals surface area contributed by atoms with Crippen LogP contribution in [0, 0.1) is 17.1 Å². The zero-order chi connectivity index (χ0) is 23.3. The van der Waals surface area contributed by atoms with E-state index in [0.29, 0.717) is 5.69 Å². The van der Waals surface area contributed by atoms with Crippen LogP contribution in [-0.4, -0.2) is 44.1 Å². The number of aliphatic hydroxyl groups is 1. The number of aromatic nitrogens is 2. The molecule has 0 radical (unpaired) electrons. The molecule has 0 aliphatic carbocycles. The number of rotatable bonds is 2. The average molecular weight is 451 g/mol. The van der Waals surface area contributed by atoms with E-state index in [0.717, 1.165) is 10.7 Å². The van der Waals surface area contributed by atoms with E-state index in [1.54, 1.807) is 13.0 Å². The highest BCUT2D eigenvalue weighted by Gasteiger charge is 2.48. The Bertz CT molecular complexity index is 1110. The molecule has 170 valence electrons. The molecule has 2 atom stereocenters. The van der Waals surface area contributed by atoms with Crippen molar-refractivity contribution in [1.82, 2.24) is 14.7 Å². The molecule has 0 saturated carbocycles. The summed E-state index contributed by atoms with van der Waals surface area (Å²) in [6.45, 7) is 0.177. The first-order valence-corrected chi connectivity index (χ1v) is 10.1. The first-order valence-electron chi connectivity index (χ1n) is 10.1. The molecule has 0 bridgehead atoms. The van der Waals surface area contributed by atoms with Crippen molar-refractivity contribution in [3.63, 3.8) is 0 Å². The number of urea groups is 1. The number of halogens is 4. The molecule has 0 saturated heterocycles. The Labute approximate surface area is 181 Å². The Hall–Kier alpha value is -3.13. The largest absolute Gasteiger partial charge is 0.393 e. The van der Waals surface area contributed by atoms with Crippen LogP contribution >= 0.6 is 0 Å². The van der Waals surface area contributed by atoms with E-state index in [9.17, 15) is 27.5 Å². The monoisotopic (exact) mass is 451 g/mol. The summed E-state index contributed by atoms with van der Waals surface area (Å²) in [5, 5.41) is 25.1. The van der Waals surface area contributed by atoms with E-state index in [4.69, 9.17) is 5.26 Å². The van der Waals surface area contributed by atoms with Crippen molar-refractivity contribution in [2.75, 3.05) is 11.9 Å². The molecule has 7 nitrogen and oxygen atoms in total. The van der Waals surface area contributed by atoms with Crippen LogP contribution in [0.1, 0.15) is 42.3 Å². The second kappa shape index (κ2) is 7.78. The molecule has 2 N–H and O–H groups in total. The molecule has 0 spiro atoms. The SMILES string of the molecule is C[C@@H]1Cc2nn3c(c2CN1C(=O)Nc1ccc(F)c(C#N)c1)C(F)(F)CC[C@@](F)(CO)C3. The van der Waals surface area contributed by atoms with Gasteiger partial charge in [-0.2, -0.15) is 19.1 Å². The van der Waals surface area contributed by atoms with Crippen LogP contribution in [0.3, 0.4) is 0 Å². The lowest BCUT2D eigenvalue weighted by atomic mass is 9.95. The van der Waals surface area contributed by atoms with Gasteiger partial charge in [0.05, 0.1) is 31.0 Å². The number of carbonyl (C=O) groups is 1. The number of hydrogen-bond donors (Lipinski definition) is 2. The van der Waals surface area contributed by atoms with Crippen LogP contribution < -0.4 is 5.32 Å². The van der Waals surface area contributed by atoms with E-state index in [1.807, 2.05) is 0 Å². The minimum Gasteiger partial charge on any atom is -0.393 e. The summed E-state index contributed by atoms with van der Waals surface area (Å²) < 4.78 is 59.2. The van der Waals surface area contributed by atoms with Gasteiger partial charge in [0, 0.05) is 30.1 Å². The standard InChI is InChI=1S/C21H21F4N5O2/c1-12-6-17-15(18-21(24,25)5-4-20(23,11-31)10-30(18)28-17)9-29(12)19(32)27-14-2-3-16(22)13(7-14)8-26/h2-3,7,12,31H,4-6,9-11H2,1H3,(H,27,32)/t12-,20+/m1/s1. The molecular weight excluding hydrogens is 430 g/mol. The van der Waals surface area contributed by atoms with Gasteiger partial charge in [-0.3, -0.25) is 4.68 Å². The van der Waals surface area contributed by atoms with Gasteiger partial charge in [0.25, 0.3) is 5.92 Å². The average Bonchev–Trinajstić information content (AvgIpc) is 3.05. The Morgan fingerprint density at radius 2 is 2.12 bits per heavy atom. The van der Waals surface area contributed by atoms with Crippen molar-refractivity contribution in [2.45, 2.75) is 56.9 Å². The maximum Gasteiger partial charge on any atom is 0.322 e. The molecule has 0 fully saturated rings. The topological polar surface area (TPSA) is 94.2 Å². The van der Waals surface area contributed by atoms with E-state index in [1.165, 1.54) is 17.0 Å². The number of carbonyl (C=O) groups excluding carboxylic acids is 1. The van der Waals surface area contributed by atoms with Crippen molar-refractivity contribution in [3.8, 4) is 6.07 Å². The normalized spacial score (nSPS) is 24.2. The van der Waals surface area contributed by atoms with Crippen LogP contribution in [-0.2, 0) is 25.4 Å².